The molecule has 1 aliphatic rings. The van der Waals surface area contributed by atoms with Crippen LogP contribution in [0.1, 0.15) is 32.7 Å². The molecule has 2 heterocycles. The summed E-state index contributed by atoms with van der Waals surface area (Å²) in [6, 6.07) is 2.87. The smallest absolute Gasteiger partial charge is 0.253 e. The lowest BCUT2D eigenvalue weighted by Crippen LogP contribution is -2.14. The standard InChI is InChI=1S/C19H17FN4O2/c1-8-12(20)7-14(25)9(2)16(8)24-17(21)15(18(22)26)11-6-10-4-3-5-13(10)23-19(11)24/h3-4,6-7,25H,5,21H2,1-2H3,(H2,22,26). The fourth-order valence-electron chi connectivity index (χ4n) is 3.55. The molecule has 1 aromatic carbocycles. The van der Waals surface area contributed by atoms with Gasteiger partial charge in [0.1, 0.15) is 23.0 Å². The van der Waals surface area contributed by atoms with Crippen molar-refractivity contribution in [3.63, 3.8) is 0 Å². The average Bonchev–Trinajstić information content (AvgIpc) is 3.13. The Morgan fingerprint density at radius 1 is 1.31 bits per heavy atom. The van der Waals surface area contributed by atoms with Crippen molar-refractivity contribution in [2.24, 2.45) is 5.73 Å². The van der Waals surface area contributed by atoms with Crippen LogP contribution in [0, 0.1) is 19.7 Å². The van der Waals surface area contributed by atoms with Gasteiger partial charge in [0.25, 0.3) is 5.91 Å². The highest BCUT2D eigenvalue weighted by atomic mass is 19.1. The highest BCUT2D eigenvalue weighted by molar-refractivity contribution is 6.11. The second-order valence-electron chi connectivity index (χ2n) is 6.44. The van der Waals surface area contributed by atoms with E-state index < -0.39 is 11.7 Å². The number of phenolic OH excluding ortho intramolecular Hbond substituents is 1. The normalized spacial score (nSPS) is 12.7. The molecule has 0 aliphatic heterocycles. The van der Waals surface area contributed by atoms with E-state index in [0.29, 0.717) is 34.3 Å². The maximum atomic E-state index is 14.3. The number of fused-ring (bicyclic) bond motifs is 2. The summed E-state index contributed by atoms with van der Waals surface area (Å²) >= 11 is 0. The summed E-state index contributed by atoms with van der Waals surface area (Å²) in [5.41, 5.74) is 15.2. The quantitative estimate of drug-likeness (QED) is 0.659. The number of hydrogen-bond donors (Lipinski definition) is 3. The lowest BCUT2D eigenvalue weighted by Gasteiger charge is -2.16. The summed E-state index contributed by atoms with van der Waals surface area (Å²) in [5, 5.41) is 10.6. The van der Waals surface area contributed by atoms with Crippen LogP contribution in [-0.4, -0.2) is 20.6 Å². The first-order chi connectivity index (χ1) is 12.3. The van der Waals surface area contributed by atoms with Crippen molar-refractivity contribution in [1.29, 1.82) is 0 Å². The van der Waals surface area contributed by atoms with Crippen molar-refractivity contribution in [2.45, 2.75) is 20.3 Å². The van der Waals surface area contributed by atoms with E-state index in [9.17, 15) is 14.3 Å². The van der Waals surface area contributed by atoms with Crippen LogP contribution in [0.4, 0.5) is 10.2 Å². The number of pyridine rings is 1. The lowest BCUT2D eigenvalue weighted by molar-refractivity contribution is 0.100. The van der Waals surface area contributed by atoms with Gasteiger partial charge in [-0.25, -0.2) is 9.37 Å². The molecule has 0 radical (unpaired) electrons. The maximum absolute atomic E-state index is 14.3. The molecular formula is C19H17FN4O2. The molecule has 0 fully saturated rings. The van der Waals surface area contributed by atoms with Gasteiger partial charge < -0.3 is 16.6 Å². The number of hydrogen-bond acceptors (Lipinski definition) is 4. The summed E-state index contributed by atoms with van der Waals surface area (Å²) in [6.07, 6.45) is 4.55. The molecule has 26 heavy (non-hydrogen) atoms. The number of nitrogen functional groups attached to an aromatic ring is 1. The van der Waals surface area contributed by atoms with E-state index in [1.807, 2.05) is 18.2 Å². The number of primary amides is 1. The highest BCUT2D eigenvalue weighted by Gasteiger charge is 2.26. The summed E-state index contributed by atoms with van der Waals surface area (Å²) in [6.45, 7) is 3.24. The molecule has 132 valence electrons. The van der Waals surface area contributed by atoms with Crippen LogP contribution in [-0.2, 0) is 6.42 Å². The van der Waals surface area contributed by atoms with Crippen LogP contribution in [0.15, 0.2) is 18.2 Å². The average molecular weight is 352 g/mol. The zero-order valence-electron chi connectivity index (χ0n) is 14.3. The van der Waals surface area contributed by atoms with Crippen LogP contribution in [0.5, 0.6) is 5.75 Å². The second-order valence-corrected chi connectivity index (χ2v) is 6.44. The van der Waals surface area contributed by atoms with Crippen molar-refractivity contribution in [2.75, 3.05) is 5.73 Å². The van der Waals surface area contributed by atoms with Gasteiger partial charge >= 0.3 is 0 Å². The van der Waals surface area contributed by atoms with E-state index in [2.05, 4.69) is 4.98 Å². The molecule has 1 amide bonds. The van der Waals surface area contributed by atoms with Crippen LogP contribution in [0.3, 0.4) is 0 Å². The van der Waals surface area contributed by atoms with E-state index in [-0.39, 0.29) is 17.1 Å². The molecule has 0 atom stereocenters. The van der Waals surface area contributed by atoms with Crippen LogP contribution in [0.25, 0.3) is 22.8 Å². The first kappa shape index (κ1) is 16.1. The molecule has 0 saturated heterocycles. The predicted molar refractivity (Wildman–Crippen MR) is 97.8 cm³/mol. The van der Waals surface area contributed by atoms with Gasteiger partial charge in [0.15, 0.2) is 0 Å². The Hall–Kier alpha value is -3.35. The Bertz CT molecular complexity index is 1120. The van der Waals surface area contributed by atoms with Crippen molar-refractivity contribution in [3.05, 3.63) is 52.0 Å². The molecular weight excluding hydrogens is 335 g/mol. The second kappa shape index (κ2) is 5.32. The fraction of sp³-hybridized carbons (Fsp3) is 0.158. The number of nitrogens with two attached hydrogens (primary N) is 2. The van der Waals surface area contributed by atoms with Gasteiger partial charge in [0.2, 0.25) is 0 Å². The molecule has 0 spiro atoms. The minimum atomic E-state index is -0.689. The Morgan fingerprint density at radius 2 is 2.04 bits per heavy atom. The third kappa shape index (κ3) is 2.03. The molecule has 0 bridgehead atoms. The monoisotopic (exact) mass is 352 g/mol. The number of aromatic nitrogens is 2. The summed E-state index contributed by atoms with van der Waals surface area (Å²) in [5.74, 6) is -1.39. The number of benzene rings is 1. The molecule has 7 heteroatoms. The first-order valence-electron chi connectivity index (χ1n) is 8.10. The highest BCUT2D eigenvalue weighted by Crippen LogP contribution is 2.37. The van der Waals surface area contributed by atoms with Crippen LogP contribution < -0.4 is 11.5 Å². The van der Waals surface area contributed by atoms with Gasteiger partial charge in [-0.15, -0.1) is 0 Å². The van der Waals surface area contributed by atoms with Gasteiger partial charge in [-0.2, -0.15) is 0 Å². The topological polar surface area (TPSA) is 107 Å². The van der Waals surface area contributed by atoms with Gasteiger partial charge in [0.05, 0.1) is 16.9 Å². The number of aromatic hydroxyl groups is 1. The van der Waals surface area contributed by atoms with Gasteiger partial charge in [-0.3, -0.25) is 9.36 Å². The number of halogens is 1. The third-order valence-electron chi connectivity index (χ3n) is 4.89. The third-order valence-corrected chi connectivity index (χ3v) is 4.89. The zero-order valence-corrected chi connectivity index (χ0v) is 14.3. The summed E-state index contributed by atoms with van der Waals surface area (Å²) in [7, 11) is 0. The molecule has 5 N–H and O–H groups in total. The van der Waals surface area contributed by atoms with Gasteiger partial charge in [-0.05, 0) is 25.5 Å². The number of anilines is 1. The van der Waals surface area contributed by atoms with E-state index in [4.69, 9.17) is 11.5 Å². The SMILES string of the molecule is Cc1c(O)cc(F)c(C)c1-n1c(N)c(C(N)=O)c2cc3c(nc21)CC=C3. The molecule has 3 aromatic rings. The predicted octanol–water partition coefficient (Wildman–Crippen LogP) is 2.74. The Labute approximate surface area is 148 Å². The molecule has 1 aliphatic carbocycles. The maximum Gasteiger partial charge on any atom is 0.253 e. The Kier molecular flexibility index (Phi) is 3.30. The Balaban J connectivity index is 2.19. The summed E-state index contributed by atoms with van der Waals surface area (Å²) < 4.78 is 15.8. The molecule has 6 nitrogen and oxygen atoms in total. The van der Waals surface area contributed by atoms with Crippen LogP contribution >= 0.6 is 0 Å². The number of phenols is 1. The molecule has 2 aromatic heterocycles. The number of amides is 1. The number of allylic oxidation sites excluding steroid dienone is 1. The van der Waals surface area contributed by atoms with Crippen molar-refractivity contribution in [3.8, 4) is 11.4 Å². The minimum Gasteiger partial charge on any atom is -0.507 e. The number of carbonyl (C=O) groups is 1. The zero-order chi connectivity index (χ0) is 18.7. The van der Waals surface area contributed by atoms with Gasteiger partial charge in [-0.1, -0.05) is 12.2 Å². The molecule has 0 saturated carbocycles. The largest absolute Gasteiger partial charge is 0.507 e. The molecule has 0 unspecified atom stereocenters. The minimum absolute atomic E-state index is 0.0730. The number of carbonyl (C=O) groups excluding carboxylic acids is 1. The van der Waals surface area contributed by atoms with E-state index in [0.717, 1.165) is 17.3 Å². The lowest BCUT2D eigenvalue weighted by atomic mass is 10.1. The first-order valence-corrected chi connectivity index (χ1v) is 8.10. The van der Waals surface area contributed by atoms with Crippen molar-refractivity contribution < 1.29 is 14.3 Å². The van der Waals surface area contributed by atoms with Crippen molar-refractivity contribution in [1.82, 2.24) is 9.55 Å². The molecule has 4 rings (SSSR count). The van der Waals surface area contributed by atoms with Gasteiger partial charge in [0, 0.05) is 29.0 Å². The van der Waals surface area contributed by atoms with E-state index >= 15 is 0 Å². The van der Waals surface area contributed by atoms with Crippen LogP contribution in [0.2, 0.25) is 0 Å². The fourth-order valence-corrected chi connectivity index (χ4v) is 3.55. The van der Waals surface area contributed by atoms with Crippen molar-refractivity contribution >= 4 is 28.8 Å². The van der Waals surface area contributed by atoms with E-state index in [1.54, 1.807) is 13.8 Å². The van der Waals surface area contributed by atoms with E-state index in [1.165, 1.54) is 4.57 Å². The number of rotatable bonds is 2. The number of nitrogens with zero attached hydrogens (tertiary/aromatic N) is 2. The summed E-state index contributed by atoms with van der Waals surface area (Å²) in [4.78, 5) is 16.7. The Morgan fingerprint density at radius 3 is 2.73 bits per heavy atom.